The largest absolute Gasteiger partial charge is 0.482 e. The number of hydroxylamine groups is 2. The van der Waals surface area contributed by atoms with Crippen molar-refractivity contribution < 1.29 is 9.57 Å². The molecule has 0 aromatic heterocycles. The summed E-state index contributed by atoms with van der Waals surface area (Å²) in [5.41, 5.74) is 17.0. The van der Waals surface area contributed by atoms with Crippen LogP contribution in [0.4, 0.5) is 5.69 Å². The van der Waals surface area contributed by atoms with Crippen LogP contribution in [0.3, 0.4) is 0 Å². The number of aliphatic imine (C=N–C) groups is 1. The van der Waals surface area contributed by atoms with Gasteiger partial charge in [0.1, 0.15) is 11.4 Å². The highest BCUT2D eigenvalue weighted by molar-refractivity contribution is 5.79. The van der Waals surface area contributed by atoms with Crippen molar-refractivity contribution in [3.8, 4) is 16.9 Å². The molecule has 0 amide bonds. The number of aryl methyl sites for hydroxylation is 1. The van der Waals surface area contributed by atoms with Gasteiger partial charge in [-0.15, -0.1) is 0 Å². The minimum atomic E-state index is -0.937. The lowest BCUT2D eigenvalue weighted by Gasteiger charge is -2.47. The number of rotatable bonds is 1. The van der Waals surface area contributed by atoms with E-state index in [0.29, 0.717) is 12.4 Å². The minimum Gasteiger partial charge on any atom is -0.482 e. The molecule has 6 heteroatoms. The molecule has 6 rings (SSSR count). The number of anilines is 1. The standard InChI is InChI=1S/C26H26N4O2/c1-30-24(28)29-26(32-30)16-25(13-5-8-17-6-2-3-10-21(17)25)31-23-12-11-19(15-22(23)26)18-7-4-9-20(27)14-18/h2-4,6-7,9-12,14-15H,5,8,13,16,27H2,1H3,(H2,28,29). The first-order valence-corrected chi connectivity index (χ1v) is 11.0. The molecule has 32 heavy (non-hydrogen) atoms. The van der Waals surface area contributed by atoms with Crippen molar-refractivity contribution in [2.75, 3.05) is 12.8 Å². The summed E-state index contributed by atoms with van der Waals surface area (Å²) in [5, 5.41) is 1.56. The van der Waals surface area contributed by atoms with Crippen LogP contribution in [-0.4, -0.2) is 18.1 Å². The van der Waals surface area contributed by atoms with Gasteiger partial charge < -0.3 is 16.2 Å². The molecule has 2 spiro atoms. The van der Waals surface area contributed by atoms with Crippen LogP contribution in [-0.2, 0) is 22.6 Å². The maximum atomic E-state index is 6.83. The Labute approximate surface area is 187 Å². The zero-order chi connectivity index (χ0) is 21.9. The van der Waals surface area contributed by atoms with Crippen LogP contribution < -0.4 is 16.2 Å². The van der Waals surface area contributed by atoms with Gasteiger partial charge in [0.05, 0.1) is 5.56 Å². The van der Waals surface area contributed by atoms with Crippen molar-refractivity contribution in [1.29, 1.82) is 0 Å². The van der Waals surface area contributed by atoms with Crippen molar-refractivity contribution in [3.63, 3.8) is 0 Å². The van der Waals surface area contributed by atoms with Crippen molar-refractivity contribution >= 4 is 11.6 Å². The summed E-state index contributed by atoms with van der Waals surface area (Å²) in [7, 11) is 1.80. The van der Waals surface area contributed by atoms with Gasteiger partial charge in [-0.3, -0.25) is 0 Å². The third kappa shape index (κ3) is 2.79. The maximum Gasteiger partial charge on any atom is 0.222 e. The Balaban J connectivity index is 1.54. The van der Waals surface area contributed by atoms with Crippen LogP contribution in [0.15, 0.2) is 71.7 Å². The number of hydrogen-bond acceptors (Lipinski definition) is 6. The molecule has 3 aromatic carbocycles. The second kappa shape index (κ2) is 6.74. The molecule has 162 valence electrons. The fourth-order valence-electron chi connectivity index (χ4n) is 5.45. The first kappa shape index (κ1) is 19.2. The van der Waals surface area contributed by atoms with Crippen molar-refractivity contribution in [1.82, 2.24) is 5.06 Å². The van der Waals surface area contributed by atoms with Gasteiger partial charge in [0.15, 0.2) is 0 Å². The summed E-state index contributed by atoms with van der Waals surface area (Å²) in [6, 6.07) is 22.6. The van der Waals surface area contributed by atoms with Gasteiger partial charge in [-0.25, -0.2) is 14.9 Å². The molecular weight excluding hydrogens is 400 g/mol. The van der Waals surface area contributed by atoms with Gasteiger partial charge in [-0.05, 0) is 65.8 Å². The Hall–Kier alpha value is -3.51. The van der Waals surface area contributed by atoms with E-state index in [9.17, 15) is 0 Å². The molecule has 0 fully saturated rings. The van der Waals surface area contributed by atoms with Crippen LogP contribution in [0.1, 0.15) is 36.0 Å². The SMILES string of the molecule is CN1OC2(CC3(CCCc4ccccc43)Oc3ccc(-c4cccc(N)c4)cc32)N=C1N. The molecule has 0 bridgehead atoms. The Morgan fingerprint density at radius 2 is 1.78 bits per heavy atom. The number of hydrogen-bond donors (Lipinski definition) is 2. The summed E-state index contributed by atoms with van der Waals surface area (Å²) in [6.07, 6.45) is 3.58. The van der Waals surface area contributed by atoms with Gasteiger partial charge in [0.2, 0.25) is 11.7 Å². The zero-order valence-electron chi connectivity index (χ0n) is 18.0. The molecule has 0 saturated carbocycles. The van der Waals surface area contributed by atoms with E-state index in [1.54, 1.807) is 12.1 Å². The lowest BCUT2D eigenvalue weighted by atomic mass is 9.72. The number of benzene rings is 3. The van der Waals surface area contributed by atoms with Crippen LogP contribution in [0, 0.1) is 0 Å². The Kier molecular flexibility index (Phi) is 4.04. The van der Waals surface area contributed by atoms with Gasteiger partial charge in [-0.1, -0.05) is 42.5 Å². The number of nitrogens with zero attached hydrogens (tertiary/aromatic N) is 2. The quantitative estimate of drug-likeness (QED) is 0.567. The molecule has 2 unspecified atom stereocenters. The number of fused-ring (bicyclic) bond motifs is 4. The molecule has 2 aliphatic heterocycles. The second-order valence-corrected chi connectivity index (χ2v) is 8.96. The van der Waals surface area contributed by atoms with Crippen molar-refractivity contribution in [2.45, 2.75) is 37.0 Å². The fraction of sp³-hybridized carbons (Fsp3) is 0.269. The average molecular weight is 427 g/mol. The summed E-state index contributed by atoms with van der Waals surface area (Å²) in [5.74, 6) is 1.15. The van der Waals surface area contributed by atoms with E-state index in [0.717, 1.165) is 47.4 Å². The van der Waals surface area contributed by atoms with Gasteiger partial charge in [-0.2, -0.15) is 0 Å². The fourth-order valence-corrected chi connectivity index (χ4v) is 5.45. The van der Waals surface area contributed by atoms with Crippen LogP contribution in [0.5, 0.6) is 5.75 Å². The van der Waals surface area contributed by atoms with E-state index in [2.05, 4.69) is 36.4 Å². The predicted molar refractivity (Wildman–Crippen MR) is 125 cm³/mol. The smallest absolute Gasteiger partial charge is 0.222 e. The molecule has 3 aliphatic rings. The predicted octanol–water partition coefficient (Wildman–Crippen LogP) is 4.29. The van der Waals surface area contributed by atoms with E-state index in [1.807, 2.05) is 30.3 Å². The number of nitrogens with two attached hydrogens (primary N) is 2. The van der Waals surface area contributed by atoms with E-state index >= 15 is 0 Å². The third-order valence-electron chi connectivity index (χ3n) is 6.89. The van der Waals surface area contributed by atoms with Crippen molar-refractivity contribution in [3.05, 3.63) is 83.4 Å². The third-order valence-corrected chi connectivity index (χ3v) is 6.89. The highest BCUT2D eigenvalue weighted by Gasteiger charge is 2.56. The van der Waals surface area contributed by atoms with E-state index in [-0.39, 0.29) is 0 Å². The molecule has 4 N–H and O–H groups in total. The zero-order valence-corrected chi connectivity index (χ0v) is 18.0. The Bertz CT molecular complexity index is 1260. The summed E-state index contributed by atoms with van der Waals surface area (Å²) in [4.78, 5) is 11.3. The number of nitrogen functional groups attached to an aromatic ring is 1. The highest BCUT2D eigenvalue weighted by atomic mass is 16.7. The van der Waals surface area contributed by atoms with Gasteiger partial charge in [0, 0.05) is 19.2 Å². The summed E-state index contributed by atoms with van der Waals surface area (Å²) >= 11 is 0. The monoisotopic (exact) mass is 426 g/mol. The number of guanidine groups is 1. The maximum absolute atomic E-state index is 6.83. The van der Waals surface area contributed by atoms with E-state index < -0.39 is 11.3 Å². The lowest BCUT2D eigenvalue weighted by Crippen LogP contribution is -2.48. The van der Waals surface area contributed by atoms with Crippen LogP contribution >= 0.6 is 0 Å². The normalized spacial score (nSPS) is 25.9. The lowest BCUT2D eigenvalue weighted by molar-refractivity contribution is -0.207. The van der Waals surface area contributed by atoms with Crippen LogP contribution in [0.2, 0.25) is 0 Å². The van der Waals surface area contributed by atoms with E-state index in [1.165, 1.54) is 11.1 Å². The number of ether oxygens (including phenoxy) is 1. The van der Waals surface area contributed by atoms with Gasteiger partial charge in [0.25, 0.3) is 0 Å². The minimum absolute atomic E-state index is 0.367. The molecule has 2 atom stereocenters. The average Bonchev–Trinajstić information content (AvgIpc) is 3.07. The second-order valence-electron chi connectivity index (χ2n) is 8.96. The molecule has 1 aliphatic carbocycles. The molecular formula is C26H26N4O2. The molecule has 0 radical (unpaired) electrons. The first-order valence-electron chi connectivity index (χ1n) is 11.0. The Morgan fingerprint density at radius 1 is 0.938 bits per heavy atom. The topological polar surface area (TPSA) is 86.1 Å². The molecule has 6 nitrogen and oxygen atoms in total. The summed E-state index contributed by atoms with van der Waals surface area (Å²) in [6.45, 7) is 0. The van der Waals surface area contributed by atoms with Crippen molar-refractivity contribution in [2.24, 2.45) is 10.7 Å². The molecule has 2 heterocycles. The summed E-state index contributed by atoms with van der Waals surface area (Å²) < 4.78 is 6.83. The van der Waals surface area contributed by atoms with E-state index in [4.69, 9.17) is 26.0 Å². The van der Waals surface area contributed by atoms with Gasteiger partial charge >= 0.3 is 0 Å². The molecule has 0 saturated heterocycles. The highest BCUT2D eigenvalue weighted by Crippen LogP contribution is 2.56. The first-order chi connectivity index (χ1) is 15.5. The van der Waals surface area contributed by atoms with Crippen LogP contribution in [0.25, 0.3) is 11.1 Å². The molecule has 3 aromatic rings. The Morgan fingerprint density at radius 3 is 2.59 bits per heavy atom.